The Kier molecular flexibility index (Phi) is 2.78. The molecule has 1 heterocycles. The summed E-state index contributed by atoms with van der Waals surface area (Å²) in [6.07, 6.45) is 3.43. The number of hydrogen-bond acceptors (Lipinski definition) is 3. The van der Waals surface area contributed by atoms with Gasteiger partial charge in [0.25, 0.3) is 5.91 Å². The minimum absolute atomic E-state index is 0.203. The summed E-state index contributed by atoms with van der Waals surface area (Å²) >= 11 is 6.00. The van der Waals surface area contributed by atoms with Crippen LogP contribution < -0.4 is 5.32 Å². The molecule has 1 aromatic carbocycles. The van der Waals surface area contributed by atoms with Gasteiger partial charge < -0.3 is 5.32 Å². The van der Waals surface area contributed by atoms with Gasteiger partial charge in [-0.25, -0.2) is 0 Å². The van der Waals surface area contributed by atoms with Crippen molar-refractivity contribution in [3.63, 3.8) is 0 Å². The zero-order valence-corrected chi connectivity index (χ0v) is 11.2. The number of nitrogens with zero attached hydrogens (tertiary/aromatic N) is 3. The van der Waals surface area contributed by atoms with Crippen LogP contribution in [0.5, 0.6) is 0 Å². The number of carbonyl (C=O) groups excluding carboxylic acids is 1. The molecule has 19 heavy (non-hydrogen) atoms. The van der Waals surface area contributed by atoms with Crippen LogP contribution in [-0.4, -0.2) is 20.9 Å². The largest absolute Gasteiger partial charge is 0.341 e. The Morgan fingerprint density at radius 2 is 2.26 bits per heavy atom. The first-order chi connectivity index (χ1) is 9.09. The molecular weight excluding hydrogens is 264 g/mol. The molecule has 0 aliphatic heterocycles. The molecule has 2 aromatic rings. The highest BCUT2D eigenvalue weighted by Crippen LogP contribution is 2.46. The Labute approximate surface area is 115 Å². The van der Waals surface area contributed by atoms with E-state index in [2.05, 4.69) is 15.6 Å². The molecule has 1 amide bonds. The number of benzene rings is 1. The van der Waals surface area contributed by atoms with Crippen LogP contribution in [0.25, 0.3) is 0 Å². The smallest absolute Gasteiger partial charge is 0.274 e. The third-order valence-corrected chi connectivity index (χ3v) is 3.55. The summed E-state index contributed by atoms with van der Waals surface area (Å²) in [5.41, 5.74) is 1.08. The number of nitrogens with one attached hydrogen (secondary N) is 1. The van der Waals surface area contributed by atoms with Crippen molar-refractivity contribution in [2.75, 3.05) is 0 Å². The molecule has 1 aromatic heterocycles. The summed E-state index contributed by atoms with van der Waals surface area (Å²) in [5, 5.41) is 11.3. The van der Waals surface area contributed by atoms with Gasteiger partial charge >= 0.3 is 0 Å². The van der Waals surface area contributed by atoms with E-state index in [1.165, 1.54) is 4.68 Å². The molecule has 0 saturated heterocycles. The first-order valence-electron chi connectivity index (χ1n) is 6.04. The quantitative estimate of drug-likeness (QED) is 0.931. The summed E-state index contributed by atoms with van der Waals surface area (Å²) in [6.45, 7) is 0. The van der Waals surface area contributed by atoms with Crippen LogP contribution in [0.15, 0.2) is 30.5 Å². The van der Waals surface area contributed by atoms with Crippen LogP contribution in [0.4, 0.5) is 0 Å². The third-order valence-electron chi connectivity index (χ3n) is 3.32. The van der Waals surface area contributed by atoms with Gasteiger partial charge in [0.1, 0.15) is 0 Å². The number of halogens is 1. The van der Waals surface area contributed by atoms with Gasteiger partial charge in [0.05, 0.1) is 11.7 Å². The lowest BCUT2D eigenvalue weighted by atomic mass is 10.0. The highest BCUT2D eigenvalue weighted by molar-refractivity contribution is 6.30. The van der Waals surface area contributed by atoms with Gasteiger partial charge in [0, 0.05) is 12.1 Å². The van der Waals surface area contributed by atoms with Crippen LogP contribution in [0.3, 0.4) is 0 Å². The molecule has 0 bridgehead atoms. The number of aromatic nitrogens is 3. The molecule has 98 valence electrons. The molecule has 1 saturated carbocycles. The lowest BCUT2D eigenvalue weighted by Crippen LogP contribution is -2.35. The predicted molar refractivity (Wildman–Crippen MR) is 70.8 cm³/mol. The molecule has 1 fully saturated rings. The first-order valence-corrected chi connectivity index (χ1v) is 6.42. The van der Waals surface area contributed by atoms with E-state index in [1.54, 1.807) is 13.2 Å². The normalized spacial score (nSPS) is 16.1. The molecule has 5 nitrogen and oxygen atoms in total. The van der Waals surface area contributed by atoms with Crippen molar-refractivity contribution in [1.82, 2.24) is 20.3 Å². The molecule has 6 heteroatoms. The molecule has 0 spiro atoms. The number of carbonyl (C=O) groups is 1. The fraction of sp³-hybridized carbons (Fsp3) is 0.308. The standard InChI is InChI=1S/C13H13ClN4O/c1-18-8-11(16-17-18)12(19)15-13(5-6-13)9-3-2-4-10(14)7-9/h2-4,7-8H,5-6H2,1H3,(H,15,19). The van der Waals surface area contributed by atoms with Crippen molar-refractivity contribution in [3.05, 3.63) is 46.7 Å². The zero-order chi connectivity index (χ0) is 13.5. The van der Waals surface area contributed by atoms with E-state index in [0.717, 1.165) is 18.4 Å². The second-order valence-corrected chi connectivity index (χ2v) is 5.26. The summed E-state index contributed by atoms with van der Waals surface area (Å²) < 4.78 is 1.51. The van der Waals surface area contributed by atoms with Crippen molar-refractivity contribution in [2.24, 2.45) is 7.05 Å². The monoisotopic (exact) mass is 276 g/mol. The van der Waals surface area contributed by atoms with E-state index >= 15 is 0 Å². The van der Waals surface area contributed by atoms with Gasteiger partial charge in [0.2, 0.25) is 0 Å². The van der Waals surface area contributed by atoms with E-state index in [9.17, 15) is 4.79 Å². The third kappa shape index (κ3) is 2.33. The van der Waals surface area contributed by atoms with Gasteiger partial charge in [0.15, 0.2) is 5.69 Å². The van der Waals surface area contributed by atoms with Crippen molar-refractivity contribution in [2.45, 2.75) is 18.4 Å². The SMILES string of the molecule is Cn1cc(C(=O)NC2(c3cccc(Cl)c3)CC2)nn1. The molecule has 1 aliphatic rings. The predicted octanol–water partition coefficient (Wildman–Crippen LogP) is 1.89. The van der Waals surface area contributed by atoms with Crippen LogP contribution in [0, 0.1) is 0 Å². The molecule has 1 N–H and O–H groups in total. The Balaban J connectivity index is 1.81. The van der Waals surface area contributed by atoms with E-state index in [4.69, 9.17) is 11.6 Å². The van der Waals surface area contributed by atoms with Crippen LogP contribution in [-0.2, 0) is 12.6 Å². The topological polar surface area (TPSA) is 59.8 Å². The maximum Gasteiger partial charge on any atom is 0.274 e. The molecule has 0 unspecified atom stereocenters. The fourth-order valence-electron chi connectivity index (χ4n) is 2.13. The summed E-state index contributed by atoms with van der Waals surface area (Å²) in [4.78, 5) is 12.1. The second kappa shape index (κ2) is 4.35. The average molecular weight is 277 g/mol. The van der Waals surface area contributed by atoms with E-state index in [1.807, 2.05) is 24.3 Å². The van der Waals surface area contributed by atoms with Gasteiger partial charge in [-0.1, -0.05) is 28.9 Å². The number of rotatable bonds is 3. The van der Waals surface area contributed by atoms with Crippen LogP contribution in [0.1, 0.15) is 28.9 Å². The lowest BCUT2D eigenvalue weighted by Gasteiger charge is -2.17. The second-order valence-electron chi connectivity index (χ2n) is 4.82. The zero-order valence-electron chi connectivity index (χ0n) is 10.4. The van der Waals surface area contributed by atoms with E-state index in [-0.39, 0.29) is 11.4 Å². The van der Waals surface area contributed by atoms with E-state index < -0.39 is 0 Å². The average Bonchev–Trinajstić information content (AvgIpc) is 3.03. The minimum Gasteiger partial charge on any atom is -0.341 e. The highest BCUT2D eigenvalue weighted by atomic mass is 35.5. The van der Waals surface area contributed by atoms with Gasteiger partial charge in [-0.2, -0.15) is 0 Å². The molecule has 1 aliphatic carbocycles. The maximum absolute atomic E-state index is 12.1. The Bertz CT molecular complexity index is 633. The van der Waals surface area contributed by atoms with Gasteiger partial charge in [-0.3, -0.25) is 9.48 Å². The van der Waals surface area contributed by atoms with Crippen LogP contribution >= 0.6 is 11.6 Å². The maximum atomic E-state index is 12.1. The molecule has 0 atom stereocenters. The molecule has 3 rings (SSSR count). The summed E-state index contributed by atoms with van der Waals surface area (Å²) in [5.74, 6) is -0.203. The number of hydrogen-bond donors (Lipinski definition) is 1. The fourth-order valence-corrected chi connectivity index (χ4v) is 2.32. The Morgan fingerprint density at radius 1 is 1.47 bits per heavy atom. The molecule has 0 radical (unpaired) electrons. The minimum atomic E-state index is -0.292. The van der Waals surface area contributed by atoms with Crippen molar-refractivity contribution in [3.8, 4) is 0 Å². The molecular formula is C13H13ClN4O. The lowest BCUT2D eigenvalue weighted by molar-refractivity contribution is 0.0925. The number of aryl methyl sites for hydroxylation is 1. The number of amides is 1. The Hall–Kier alpha value is -1.88. The first kappa shape index (κ1) is 12.2. The summed E-state index contributed by atoms with van der Waals surface area (Å²) in [6, 6.07) is 7.60. The highest BCUT2D eigenvalue weighted by Gasteiger charge is 2.46. The van der Waals surface area contributed by atoms with Crippen LogP contribution in [0.2, 0.25) is 5.02 Å². The Morgan fingerprint density at radius 3 is 2.84 bits per heavy atom. The summed E-state index contributed by atoms with van der Waals surface area (Å²) in [7, 11) is 1.73. The van der Waals surface area contributed by atoms with Gasteiger partial charge in [-0.05, 0) is 30.5 Å². The van der Waals surface area contributed by atoms with E-state index in [0.29, 0.717) is 10.7 Å². The van der Waals surface area contributed by atoms with Crippen molar-refractivity contribution >= 4 is 17.5 Å². The van der Waals surface area contributed by atoms with Crippen molar-refractivity contribution < 1.29 is 4.79 Å². The van der Waals surface area contributed by atoms with Crippen molar-refractivity contribution in [1.29, 1.82) is 0 Å². The van der Waals surface area contributed by atoms with Gasteiger partial charge in [-0.15, -0.1) is 5.10 Å².